The lowest BCUT2D eigenvalue weighted by Gasteiger charge is -2.34. The van der Waals surface area contributed by atoms with Gasteiger partial charge < -0.3 is 9.79 Å². The molecule has 1 aliphatic rings. The van der Waals surface area contributed by atoms with E-state index in [2.05, 4.69) is 39.5 Å². The summed E-state index contributed by atoms with van der Waals surface area (Å²) in [7, 11) is -3.95. The van der Waals surface area contributed by atoms with Gasteiger partial charge in [-0.3, -0.25) is 9.05 Å². The van der Waals surface area contributed by atoms with Gasteiger partial charge in [0.25, 0.3) is 0 Å². The Balaban J connectivity index is 2.34. The fourth-order valence-electron chi connectivity index (χ4n) is 3.34. The molecule has 0 aromatic rings. The van der Waals surface area contributed by atoms with E-state index in [1.165, 1.54) is 0 Å². The van der Waals surface area contributed by atoms with E-state index < -0.39 is 7.82 Å². The van der Waals surface area contributed by atoms with E-state index in [0.717, 1.165) is 58.2 Å². The van der Waals surface area contributed by atoms with E-state index in [9.17, 15) is 9.46 Å². The highest BCUT2D eigenvalue weighted by molar-refractivity contribution is 7.47. The monoisotopic (exact) mass is 363 g/mol. The Kier molecular flexibility index (Phi) is 9.47. The van der Waals surface area contributed by atoms with Crippen molar-refractivity contribution in [1.29, 1.82) is 0 Å². The Morgan fingerprint density at radius 2 is 1.75 bits per heavy atom. The Labute approximate surface area is 148 Å². The molecule has 0 saturated heterocycles. The van der Waals surface area contributed by atoms with Crippen LogP contribution in [-0.4, -0.2) is 42.1 Å². The summed E-state index contributed by atoms with van der Waals surface area (Å²) < 4.78 is 22.8. The molecule has 1 fully saturated rings. The van der Waals surface area contributed by atoms with Crippen LogP contribution < -0.4 is 0 Å². The first kappa shape index (κ1) is 22.1. The van der Waals surface area contributed by atoms with Crippen LogP contribution in [0, 0.1) is 11.3 Å². The summed E-state index contributed by atoms with van der Waals surface area (Å²) in [6.07, 6.45) is 5.80. The third-order valence-electron chi connectivity index (χ3n) is 4.74. The third-order valence-corrected chi connectivity index (χ3v) is 5.78. The lowest BCUT2D eigenvalue weighted by molar-refractivity contribution is 0.0489. The van der Waals surface area contributed by atoms with Gasteiger partial charge in [-0.1, -0.05) is 34.6 Å². The maximum atomic E-state index is 12.2. The van der Waals surface area contributed by atoms with Crippen LogP contribution in [0.15, 0.2) is 0 Å². The molecular weight excluding hydrogens is 325 g/mol. The summed E-state index contributed by atoms with van der Waals surface area (Å²) in [4.78, 5) is 12.4. The Hall–Kier alpha value is 0.0700. The summed E-state index contributed by atoms with van der Waals surface area (Å²) in [5, 5.41) is 0. The molecule has 0 amide bonds. The van der Waals surface area contributed by atoms with Gasteiger partial charge in [0.1, 0.15) is 0 Å². The van der Waals surface area contributed by atoms with Crippen molar-refractivity contribution in [3.05, 3.63) is 0 Å². The smallest absolute Gasteiger partial charge is 0.303 e. The first-order valence-electron chi connectivity index (χ1n) is 9.55. The van der Waals surface area contributed by atoms with Gasteiger partial charge in [0.2, 0.25) is 0 Å². The molecule has 6 heteroatoms. The number of hydrogen-bond donors (Lipinski definition) is 1. The zero-order valence-corrected chi connectivity index (χ0v) is 17.2. The molecule has 0 aromatic heterocycles. The molecule has 0 bridgehead atoms. The summed E-state index contributed by atoms with van der Waals surface area (Å²) in [6.45, 7) is 14.1. The second-order valence-corrected chi connectivity index (χ2v) is 9.55. The largest absolute Gasteiger partial charge is 0.472 e. The predicted molar refractivity (Wildman–Crippen MR) is 99.1 cm³/mol. The first-order chi connectivity index (χ1) is 11.2. The molecule has 0 aromatic carbocycles. The van der Waals surface area contributed by atoms with Crippen molar-refractivity contribution in [3.63, 3.8) is 0 Å². The Morgan fingerprint density at radius 3 is 2.25 bits per heavy atom. The van der Waals surface area contributed by atoms with Gasteiger partial charge in [0, 0.05) is 6.54 Å². The molecule has 0 spiro atoms. The van der Waals surface area contributed by atoms with E-state index in [-0.39, 0.29) is 18.6 Å². The van der Waals surface area contributed by atoms with E-state index in [1.807, 2.05) is 0 Å². The average molecular weight is 363 g/mol. The molecule has 1 saturated carbocycles. The van der Waals surface area contributed by atoms with Gasteiger partial charge in [-0.25, -0.2) is 4.57 Å². The fourth-order valence-corrected chi connectivity index (χ4v) is 4.43. The molecule has 0 heterocycles. The van der Waals surface area contributed by atoms with Gasteiger partial charge in [-0.05, 0) is 62.9 Å². The summed E-state index contributed by atoms with van der Waals surface area (Å²) in [5.74, 6) is 0.206. The lowest BCUT2D eigenvalue weighted by atomic mass is 9.76. The van der Waals surface area contributed by atoms with Crippen molar-refractivity contribution in [2.24, 2.45) is 11.3 Å². The van der Waals surface area contributed by atoms with Crippen molar-refractivity contribution in [3.8, 4) is 0 Å². The van der Waals surface area contributed by atoms with E-state index in [1.54, 1.807) is 0 Å². The standard InChI is InChI=1S/C18H38NO4P/c1-6-12-19(13-7-2)14-16(3)15-22-24(20,21)23-17-8-10-18(4,5)11-9-17/h16-17H,6-15H2,1-5H3,(H,20,21)/t16-/m1/s1. The summed E-state index contributed by atoms with van der Waals surface area (Å²) >= 11 is 0. The molecule has 2 atom stereocenters. The average Bonchev–Trinajstić information content (AvgIpc) is 2.48. The van der Waals surface area contributed by atoms with Crippen molar-refractivity contribution in [1.82, 2.24) is 4.90 Å². The van der Waals surface area contributed by atoms with Crippen molar-refractivity contribution in [2.75, 3.05) is 26.2 Å². The minimum atomic E-state index is -3.95. The Bertz CT molecular complexity index is 386. The third kappa shape index (κ3) is 8.96. The zero-order chi connectivity index (χ0) is 18.2. The number of phosphoric ester groups is 1. The van der Waals surface area contributed by atoms with Crippen molar-refractivity contribution >= 4 is 7.82 Å². The minimum Gasteiger partial charge on any atom is -0.303 e. The van der Waals surface area contributed by atoms with Gasteiger partial charge in [-0.15, -0.1) is 0 Å². The Morgan fingerprint density at radius 1 is 1.21 bits per heavy atom. The molecule has 5 nitrogen and oxygen atoms in total. The summed E-state index contributed by atoms with van der Waals surface area (Å²) in [6, 6.07) is 0. The van der Waals surface area contributed by atoms with Gasteiger partial charge in [-0.2, -0.15) is 0 Å². The van der Waals surface area contributed by atoms with Crippen molar-refractivity contribution in [2.45, 2.75) is 79.2 Å². The second kappa shape index (κ2) is 10.3. The second-order valence-electron chi connectivity index (χ2n) is 8.14. The number of rotatable bonds is 11. The molecule has 24 heavy (non-hydrogen) atoms. The van der Waals surface area contributed by atoms with Crippen LogP contribution in [-0.2, 0) is 13.6 Å². The molecular formula is C18H38NO4P. The molecule has 0 aliphatic heterocycles. The highest BCUT2D eigenvalue weighted by Crippen LogP contribution is 2.48. The summed E-state index contributed by atoms with van der Waals surface area (Å²) in [5.41, 5.74) is 0.316. The fraction of sp³-hybridized carbons (Fsp3) is 1.00. The SMILES string of the molecule is CCCN(CCC)C[C@@H](C)COP(=O)(O)OC1CCC(C)(C)CC1. The molecule has 1 rings (SSSR count). The first-order valence-corrected chi connectivity index (χ1v) is 11.0. The maximum Gasteiger partial charge on any atom is 0.472 e. The minimum absolute atomic E-state index is 0.152. The van der Waals surface area contributed by atoms with Crippen molar-refractivity contribution < 1.29 is 18.5 Å². The molecule has 0 radical (unpaired) electrons. The van der Waals surface area contributed by atoms with Crippen LogP contribution in [0.3, 0.4) is 0 Å². The van der Waals surface area contributed by atoms with Crippen LogP contribution in [0.25, 0.3) is 0 Å². The molecule has 1 aliphatic carbocycles. The van der Waals surface area contributed by atoms with Gasteiger partial charge in [0.15, 0.2) is 0 Å². The van der Waals surface area contributed by atoms with Crippen LogP contribution in [0.4, 0.5) is 0 Å². The number of hydrogen-bond acceptors (Lipinski definition) is 4. The van der Waals surface area contributed by atoms with E-state index in [4.69, 9.17) is 9.05 Å². The highest BCUT2D eigenvalue weighted by atomic mass is 31.2. The highest BCUT2D eigenvalue weighted by Gasteiger charge is 2.33. The lowest BCUT2D eigenvalue weighted by Crippen LogP contribution is -2.32. The van der Waals surface area contributed by atoms with Gasteiger partial charge in [0.05, 0.1) is 12.7 Å². The van der Waals surface area contributed by atoms with Gasteiger partial charge >= 0.3 is 7.82 Å². The topological polar surface area (TPSA) is 59.0 Å². The number of phosphoric acid groups is 1. The van der Waals surface area contributed by atoms with Crippen LogP contribution >= 0.6 is 7.82 Å². The molecule has 144 valence electrons. The van der Waals surface area contributed by atoms with Crippen LogP contribution in [0.5, 0.6) is 0 Å². The molecule has 1 N–H and O–H groups in total. The maximum absolute atomic E-state index is 12.2. The molecule has 1 unspecified atom stereocenters. The predicted octanol–water partition coefficient (Wildman–Crippen LogP) is 4.85. The van der Waals surface area contributed by atoms with Crippen LogP contribution in [0.1, 0.15) is 73.1 Å². The number of nitrogens with zero attached hydrogens (tertiary/aromatic N) is 1. The normalized spacial score (nSPS) is 22.5. The van der Waals surface area contributed by atoms with E-state index >= 15 is 0 Å². The quantitative estimate of drug-likeness (QED) is 0.532. The zero-order valence-electron chi connectivity index (χ0n) is 16.3. The van der Waals surface area contributed by atoms with E-state index in [0.29, 0.717) is 5.41 Å². The van der Waals surface area contributed by atoms with Crippen LogP contribution in [0.2, 0.25) is 0 Å².